The molecule has 0 aromatic heterocycles. The Morgan fingerprint density at radius 2 is 1.91 bits per heavy atom. The molecular formula is C18H19N3O. The number of rotatable bonds is 2. The van der Waals surface area contributed by atoms with E-state index in [-0.39, 0.29) is 5.91 Å². The van der Waals surface area contributed by atoms with Crippen LogP contribution < -0.4 is 5.32 Å². The number of hydrogen-bond donors (Lipinski definition) is 1. The Kier molecular flexibility index (Phi) is 3.92. The Morgan fingerprint density at radius 3 is 2.68 bits per heavy atom. The van der Waals surface area contributed by atoms with Gasteiger partial charge in [0.25, 0.3) is 0 Å². The predicted molar refractivity (Wildman–Crippen MR) is 87.8 cm³/mol. The van der Waals surface area contributed by atoms with Gasteiger partial charge in [-0.15, -0.1) is 0 Å². The van der Waals surface area contributed by atoms with Crippen molar-refractivity contribution in [3.63, 3.8) is 0 Å². The largest absolute Gasteiger partial charge is 0.334 e. The molecule has 3 rings (SSSR count). The SMILES string of the molecule is CC(=O)NC1=Nc2ccccc2CN1Cc1ccccc1C. The third-order valence-corrected chi connectivity index (χ3v) is 3.79. The van der Waals surface area contributed by atoms with Crippen LogP contribution in [-0.4, -0.2) is 16.8 Å². The molecule has 2 aromatic rings. The first kappa shape index (κ1) is 14.3. The van der Waals surface area contributed by atoms with Crippen LogP contribution in [0.2, 0.25) is 0 Å². The van der Waals surface area contributed by atoms with Crippen LogP contribution in [0.1, 0.15) is 23.6 Å². The van der Waals surface area contributed by atoms with Crippen LogP contribution in [0.15, 0.2) is 53.5 Å². The maximum Gasteiger partial charge on any atom is 0.223 e. The van der Waals surface area contributed by atoms with E-state index >= 15 is 0 Å². The number of amides is 1. The van der Waals surface area contributed by atoms with Crippen LogP contribution >= 0.6 is 0 Å². The first-order valence-corrected chi connectivity index (χ1v) is 7.37. The molecule has 0 saturated heterocycles. The minimum absolute atomic E-state index is 0.104. The van der Waals surface area contributed by atoms with Gasteiger partial charge < -0.3 is 4.90 Å². The average Bonchev–Trinajstić information content (AvgIpc) is 2.49. The smallest absolute Gasteiger partial charge is 0.223 e. The molecule has 0 spiro atoms. The van der Waals surface area contributed by atoms with Gasteiger partial charge in [0.05, 0.1) is 5.69 Å². The highest BCUT2D eigenvalue weighted by Gasteiger charge is 2.20. The number of nitrogens with zero attached hydrogens (tertiary/aromatic N) is 2. The van der Waals surface area contributed by atoms with Crippen molar-refractivity contribution in [1.82, 2.24) is 10.2 Å². The topological polar surface area (TPSA) is 44.7 Å². The number of carbonyl (C=O) groups excluding carboxylic acids is 1. The first-order chi connectivity index (χ1) is 10.6. The van der Waals surface area contributed by atoms with Gasteiger partial charge in [-0.2, -0.15) is 0 Å². The number of carbonyl (C=O) groups is 1. The van der Waals surface area contributed by atoms with Gasteiger partial charge in [-0.1, -0.05) is 42.5 Å². The Hall–Kier alpha value is -2.62. The highest BCUT2D eigenvalue weighted by atomic mass is 16.1. The summed E-state index contributed by atoms with van der Waals surface area (Å²) in [5.41, 5.74) is 4.57. The first-order valence-electron chi connectivity index (χ1n) is 7.37. The molecule has 1 heterocycles. The summed E-state index contributed by atoms with van der Waals surface area (Å²) in [7, 11) is 0. The van der Waals surface area contributed by atoms with Crippen molar-refractivity contribution >= 4 is 17.6 Å². The van der Waals surface area contributed by atoms with Gasteiger partial charge in [-0.25, -0.2) is 4.99 Å². The summed E-state index contributed by atoms with van der Waals surface area (Å²) in [6.45, 7) is 5.07. The van der Waals surface area contributed by atoms with Crippen molar-refractivity contribution in [2.24, 2.45) is 4.99 Å². The van der Waals surface area contributed by atoms with Crippen LogP contribution in [0.5, 0.6) is 0 Å². The Bertz CT molecular complexity index is 737. The van der Waals surface area contributed by atoms with Crippen molar-refractivity contribution < 1.29 is 4.79 Å². The number of hydrogen-bond acceptors (Lipinski definition) is 3. The summed E-state index contributed by atoms with van der Waals surface area (Å²) in [5.74, 6) is 0.516. The average molecular weight is 293 g/mol. The Labute approximate surface area is 130 Å². The summed E-state index contributed by atoms with van der Waals surface area (Å²) in [4.78, 5) is 18.2. The van der Waals surface area contributed by atoms with Crippen LogP contribution in [0.3, 0.4) is 0 Å². The van der Waals surface area contributed by atoms with Crippen molar-refractivity contribution in [2.75, 3.05) is 0 Å². The van der Waals surface area contributed by atoms with Gasteiger partial charge in [0.15, 0.2) is 0 Å². The molecule has 0 fully saturated rings. The molecule has 1 N–H and O–H groups in total. The van der Waals surface area contributed by atoms with Gasteiger partial charge in [0, 0.05) is 20.0 Å². The molecule has 0 atom stereocenters. The number of guanidine groups is 1. The zero-order valence-corrected chi connectivity index (χ0v) is 12.8. The zero-order chi connectivity index (χ0) is 15.5. The molecule has 1 aliphatic heterocycles. The Morgan fingerprint density at radius 1 is 1.18 bits per heavy atom. The van der Waals surface area contributed by atoms with Gasteiger partial charge in [-0.05, 0) is 29.7 Å². The number of para-hydroxylation sites is 1. The molecule has 0 aliphatic carbocycles. The summed E-state index contributed by atoms with van der Waals surface area (Å²) in [6.07, 6.45) is 0. The van der Waals surface area contributed by atoms with E-state index in [0.29, 0.717) is 5.96 Å². The van der Waals surface area contributed by atoms with Crippen LogP contribution in [0.25, 0.3) is 0 Å². The lowest BCUT2D eigenvalue weighted by molar-refractivity contribution is -0.117. The van der Waals surface area contributed by atoms with Crippen molar-refractivity contribution in [2.45, 2.75) is 26.9 Å². The monoisotopic (exact) mass is 293 g/mol. The molecular weight excluding hydrogens is 274 g/mol. The Balaban J connectivity index is 1.92. The molecule has 0 radical (unpaired) electrons. The third kappa shape index (κ3) is 3.01. The van der Waals surface area contributed by atoms with Crippen molar-refractivity contribution in [3.05, 3.63) is 65.2 Å². The second kappa shape index (κ2) is 6.02. The molecule has 0 bridgehead atoms. The van der Waals surface area contributed by atoms with Crippen LogP contribution in [0, 0.1) is 6.92 Å². The van der Waals surface area contributed by atoms with Crippen LogP contribution in [-0.2, 0) is 17.9 Å². The molecule has 0 saturated carbocycles. The van der Waals surface area contributed by atoms with Gasteiger partial charge in [0.2, 0.25) is 11.9 Å². The predicted octanol–water partition coefficient (Wildman–Crippen LogP) is 3.13. The molecule has 2 aromatic carbocycles. The van der Waals surface area contributed by atoms with Crippen molar-refractivity contribution in [3.8, 4) is 0 Å². The van der Waals surface area contributed by atoms with E-state index in [1.807, 2.05) is 30.3 Å². The maximum atomic E-state index is 11.5. The molecule has 1 amide bonds. The number of aryl methyl sites for hydroxylation is 1. The number of aliphatic imine (C=N–C) groups is 1. The second-order valence-corrected chi connectivity index (χ2v) is 5.53. The molecule has 4 heteroatoms. The normalized spacial score (nSPS) is 13.4. The summed E-state index contributed by atoms with van der Waals surface area (Å²) in [6, 6.07) is 16.3. The van der Waals surface area contributed by atoms with E-state index in [1.54, 1.807) is 0 Å². The number of nitrogens with one attached hydrogen (secondary N) is 1. The molecule has 4 nitrogen and oxygen atoms in total. The number of fused-ring (bicyclic) bond motifs is 1. The molecule has 0 unspecified atom stereocenters. The minimum Gasteiger partial charge on any atom is -0.334 e. The third-order valence-electron chi connectivity index (χ3n) is 3.79. The fourth-order valence-electron chi connectivity index (χ4n) is 2.61. The standard InChI is InChI=1S/C18H19N3O/c1-13-7-3-4-8-15(13)11-21-12-16-9-5-6-10-17(16)20-18(21)19-14(2)22/h3-10H,11-12H2,1-2H3,(H,19,20,22). The lowest BCUT2D eigenvalue weighted by atomic mass is 10.1. The lowest BCUT2D eigenvalue weighted by Gasteiger charge is -2.30. The quantitative estimate of drug-likeness (QED) is 0.924. The van der Waals surface area contributed by atoms with E-state index in [9.17, 15) is 4.79 Å². The van der Waals surface area contributed by atoms with Crippen molar-refractivity contribution in [1.29, 1.82) is 0 Å². The number of benzene rings is 2. The second-order valence-electron chi connectivity index (χ2n) is 5.53. The highest BCUT2D eigenvalue weighted by molar-refractivity contribution is 5.98. The summed E-state index contributed by atoms with van der Waals surface area (Å²) < 4.78 is 0. The minimum atomic E-state index is -0.104. The van der Waals surface area contributed by atoms with E-state index < -0.39 is 0 Å². The van der Waals surface area contributed by atoms with E-state index in [1.165, 1.54) is 23.6 Å². The van der Waals surface area contributed by atoms with Gasteiger partial charge in [0.1, 0.15) is 0 Å². The van der Waals surface area contributed by atoms with Gasteiger partial charge >= 0.3 is 0 Å². The summed E-state index contributed by atoms with van der Waals surface area (Å²) >= 11 is 0. The maximum absolute atomic E-state index is 11.5. The highest BCUT2D eigenvalue weighted by Crippen LogP contribution is 2.26. The fraction of sp³-hybridized carbons (Fsp3) is 0.222. The van der Waals surface area contributed by atoms with Crippen LogP contribution in [0.4, 0.5) is 5.69 Å². The molecule has 112 valence electrons. The zero-order valence-electron chi connectivity index (χ0n) is 12.8. The van der Waals surface area contributed by atoms with E-state index in [4.69, 9.17) is 0 Å². The lowest BCUT2D eigenvalue weighted by Crippen LogP contribution is -2.44. The fourth-order valence-corrected chi connectivity index (χ4v) is 2.61. The van der Waals surface area contributed by atoms with E-state index in [0.717, 1.165) is 18.8 Å². The summed E-state index contributed by atoms with van der Waals surface area (Å²) in [5, 5.41) is 2.85. The van der Waals surface area contributed by atoms with E-state index in [2.05, 4.69) is 40.3 Å². The molecule has 22 heavy (non-hydrogen) atoms. The molecule has 1 aliphatic rings. The van der Waals surface area contributed by atoms with Gasteiger partial charge in [-0.3, -0.25) is 10.1 Å².